The molecule has 0 radical (unpaired) electrons. The van der Waals surface area contributed by atoms with Gasteiger partial charge in [0.1, 0.15) is 11.5 Å². The molecule has 0 amide bonds. The number of sulfonamides is 1. The number of hydrogen-bond acceptors (Lipinski definition) is 6. The summed E-state index contributed by atoms with van der Waals surface area (Å²) in [5.41, 5.74) is 0.969. The summed E-state index contributed by atoms with van der Waals surface area (Å²) >= 11 is 0. The normalized spacial score (nSPS) is 11.7. The van der Waals surface area contributed by atoms with E-state index in [1.807, 2.05) is 0 Å². The van der Waals surface area contributed by atoms with E-state index in [1.165, 1.54) is 24.9 Å². The van der Waals surface area contributed by atoms with Crippen molar-refractivity contribution in [1.29, 1.82) is 0 Å². The van der Waals surface area contributed by atoms with Gasteiger partial charge in [0.2, 0.25) is 0 Å². The third-order valence-corrected chi connectivity index (χ3v) is 4.59. The zero-order chi connectivity index (χ0) is 16.4. The summed E-state index contributed by atoms with van der Waals surface area (Å²) in [5.74, 6) is 1.14. The fourth-order valence-corrected chi connectivity index (χ4v) is 3.03. The van der Waals surface area contributed by atoms with Gasteiger partial charge in [-0.15, -0.1) is 0 Å². The van der Waals surface area contributed by atoms with Gasteiger partial charge < -0.3 is 8.98 Å². The third kappa shape index (κ3) is 3.15. The van der Waals surface area contributed by atoms with Crippen LogP contribution < -0.4 is 4.72 Å². The Morgan fingerprint density at radius 1 is 1.30 bits per heavy atom. The highest BCUT2D eigenvalue weighted by Crippen LogP contribution is 2.20. The van der Waals surface area contributed by atoms with Gasteiger partial charge in [-0.2, -0.15) is 0 Å². The summed E-state index contributed by atoms with van der Waals surface area (Å²) in [5, 5.41) is -0.0269. The van der Waals surface area contributed by atoms with Gasteiger partial charge in [-0.1, -0.05) is 0 Å². The maximum absolute atomic E-state index is 12.3. The summed E-state index contributed by atoms with van der Waals surface area (Å²) in [7, 11) is -1.99. The Balaban J connectivity index is 1.84. The summed E-state index contributed by atoms with van der Waals surface area (Å²) in [6.07, 6.45) is 6.01. The van der Waals surface area contributed by atoms with Gasteiger partial charge in [-0.25, -0.2) is 23.1 Å². The standard InChI is InChI=1S/C14H15N5O3S/c1-10-18-13(9-19(10)2)23(20,21)17-8-11-14(16-6-5-15-11)12-4-3-7-22-12/h3-7,9,17H,8H2,1-2H3. The average Bonchev–Trinajstić information content (AvgIpc) is 3.17. The van der Waals surface area contributed by atoms with Gasteiger partial charge in [-0.05, 0) is 19.1 Å². The van der Waals surface area contributed by atoms with Gasteiger partial charge in [0, 0.05) is 25.6 Å². The number of rotatable bonds is 5. The number of nitrogens with zero attached hydrogens (tertiary/aromatic N) is 4. The van der Waals surface area contributed by atoms with Crippen LogP contribution in [0.4, 0.5) is 0 Å². The van der Waals surface area contributed by atoms with E-state index in [0.717, 1.165) is 0 Å². The van der Waals surface area contributed by atoms with Crippen molar-refractivity contribution in [3.63, 3.8) is 0 Å². The molecule has 0 aliphatic rings. The topological polar surface area (TPSA) is 103 Å². The van der Waals surface area contributed by atoms with Crippen LogP contribution in [0.2, 0.25) is 0 Å². The molecule has 0 unspecified atom stereocenters. The molecule has 0 atom stereocenters. The second-order valence-electron chi connectivity index (χ2n) is 4.89. The van der Waals surface area contributed by atoms with Crippen LogP contribution in [0.3, 0.4) is 0 Å². The summed E-state index contributed by atoms with van der Waals surface area (Å²) in [6.45, 7) is 1.72. The van der Waals surface area contributed by atoms with Crippen LogP contribution in [0.25, 0.3) is 11.5 Å². The number of furan rings is 1. The summed E-state index contributed by atoms with van der Waals surface area (Å²) in [6, 6.07) is 3.47. The van der Waals surface area contributed by atoms with E-state index in [-0.39, 0.29) is 11.6 Å². The Kier molecular flexibility index (Phi) is 3.97. The third-order valence-electron chi connectivity index (χ3n) is 3.32. The second-order valence-corrected chi connectivity index (χ2v) is 6.60. The molecule has 0 aliphatic carbocycles. The molecule has 3 rings (SSSR count). The fraction of sp³-hybridized carbons (Fsp3) is 0.214. The molecular weight excluding hydrogens is 318 g/mol. The van der Waals surface area contributed by atoms with Crippen LogP contribution in [0.1, 0.15) is 11.5 Å². The fourth-order valence-electron chi connectivity index (χ4n) is 2.01. The lowest BCUT2D eigenvalue weighted by atomic mass is 10.2. The van der Waals surface area contributed by atoms with Crippen LogP contribution in [-0.2, 0) is 23.6 Å². The highest BCUT2D eigenvalue weighted by atomic mass is 32.2. The van der Waals surface area contributed by atoms with Crippen molar-refractivity contribution >= 4 is 10.0 Å². The lowest BCUT2D eigenvalue weighted by molar-refractivity contribution is 0.572. The molecule has 0 saturated heterocycles. The lowest BCUT2D eigenvalue weighted by Crippen LogP contribution is -2.24. The Hall–Kier alpha value is -2.52. The second kappa shape index (κ2) is 5.94. The molecule has 0 saturated carbocycles. The molecule has 120 valence electrons. The molecule has 3 heterocycles. The minimum Gasteiger partial charge on any atom is -0.463 e. The predicted octanol–water partition coefficient (Wildman–Crippen LogP) is 1.26. The first-order valence-corrected chi connectivity index (χ1v) is 8.29. The molecular formula is C14H15N5O3S. The van der Waals surface area contributed by atoms with Crippen LogP contribution in [0.5, 0.6) is 0 Å². The van der Waals surface area contributed by atoms with Gasteiger partial charge in [0.25, 0.3) is 10.0 Å². The van der Waals surface area contributed by atoms with E-state index >= 15 is 0 Å². The molecule has 3 aromatic rings. The highest BCUT2D eigenvalue weighted by molar-refractivity contribution is 7.89. The van der Waals surface area contributed by atoms with E-state index in [9.17, 15) is 8.42 Å². The van der Waals surface area contributed by atoms with Crippen molar-refractivity contribution in [3.8, 4) is 11.5 Å². The molecule has 9 heteroatoms. The van der Waals surface area contributed by atoms with Crippen molar-refractivity contribution in [2.45, 2.75) is 18.5 Å². The number of hydrogen-bond donors (Lipinski definition) is 1. The Labute approximate surface area is 133 Å². The minimum atomic E-state index is -3.73. The maximum Gasteiger partial charge on any atom is 0.259 e. The molecule has 0 bridgehead atoms. The monoisotopic (exact) mass is 333 g/mol. The molecule has 1 N–H and O–H groups in total. The van der Waals surface area contributed by atoms with Crippen molar-refractivity contribution in [2.24, 2.45) is 7.05 Å². The Morgan fingerprint density at radius 3 is 2.74 bits per heavy atom. The van der Waals surface area contributed by atoms with Crippen LogP contribution in [0.15, 0.2) is 46.4 Å². The zero-order valence-electron chi connectivity index (χ0n) is 12.6. The van der Waals surface area contributed by atoms with Crippen molar-refractivity contribution in [1.82, 2.24) is 24.2 Å². The smallest absolute Gasteiger partial charge is 0.259 e. The van der Waals surface area contributed by atoms with Crippen LogP contribution >= 0.6 is 0 Å². The van der Waals surface area contributed by atoms with E-state index in [0.29, 0.717) is 23.0 Å². The van der Waals surface area contributed by atoms with E-state index in [4.69, 9.17) is 4.42 Å². The maximum atomic E-state index is 12.3. The molecule has 23 heavy (non-hydrogen) atoms. The van der Waals surface area contributed by atoms with Gasteiger partial charge in [-0.3, -0.25) is 4.98 Å². The van der Waals surface area contributed by atoms with Crippen LogP contribution in [0, 0.1) is 6.92 Å². The summed E-state index contributed by atoms with van der Waals surface area (Å²) in [4.78, 5) is 12.4. The SMILES string of the molecule is Cc1nc(S(=O)(=O)NCc2nccnc2-c2ccco2)cn1C. The molecule has 3 aromatic heterocycles. The quantitative estimate of drug-likeness (QED) is 0.754. The first kappa shape index (κ1) is 15.4. The largest absolute Gasteiger partial charge is 0.463 e. The first-order chi connectivity index (χ1) is 11.0. The number of aromatic nitrogens is 4. The molecule has 0 aromatic carbocycles. The van der Waals surface area contributed by atoms with Gasteiger partial charge in [0.15, 0.2) is 10.8 Å². The van der Waals surface area contributed by atoms with Crippen LogP contribution in [-0.4, -0.2) is 27.9 Å². The number of nitrogens with one attached hydrogen (secondary N) is 1. The Morgan fingerprint density at radius 2 is 2.09 bits per heavy atom. The van der Waals surface area contributed by atoms with E-state index in [1.54, 1.807) is 30.7 Å². The molecule has 8 nitrogen and oxygen atoms in total. The number of aryl methyl sites for hydroxylation is 2. The number of imidazole rings is 1. The predicted molar refractivity (Wildman–Crippen MR) is 81.7 cm³/mol. The van der Waals surface area contributed by atoms with Crippen molar-refractivity contribution < 1.29 is 12.8 Å². The van der Waals surface area contributed by atoms with E-state index in [2.05, 4.69) is 19.7 Å². The van der Waals surface area contributed by atoms with Gasteiger partial charge in [0.05, 0.1) is 18.5 Å². The molecule has 0 spiro atoms. The van der Waals surface area contributed by atoms with E-state index < -0.39 is 10.0 Å². The van der Waals surface area contributed by atoms with Gasteiger partial charge >= 0.3 is 0 Å². The first-order valence-electron chi connectivity index (χ1n) is 6.81. The average molecular weight is 333 g/mol. The molecule has 0 fully saturated rings. The Bertz CT molecular complexity index is 896. The zero-order valence-corrected chi connectivity index (χ0v) is 13.4. The minimum absolute atomic E-state index is 0.0121. The van der Waals surface area contributed by atoms with Crippen molar-refractivity contribution in [2.75, 3.05) is 0 Å². The summed E-state index contributed by atoms with van der Waals surface area (Å²) < 4.78 is 34.1. The highest BCUT2D eigenvalue weighted by Gasteiger charge is 2.20. The molecule has 0 aliphatic heterocycles. The lowest BCUT2D eigenvalue weighted by Gasteiger charge is -2.06. The van der Waals surface area contributed by atoms with Crippen molar-refractivity contribution in [3.05, 3.63) is 48.5 Å².